The lowest BCUT2D eigenvalue weighted by molar-refractivity contribution is -0.250. The highest BCUT2D eigenvalue weighted by Gasteiger charge is 2.55. The number of hydrogen-bond donors (Lipinski definition) is 0. The van der Waals surface area contributed by atoms with Crippen LogP contribution in [0.5, 0.6) is 0 Å². The van der Waals surface area contributed by atoms with Gasteiger partial charge in [-0.05, 0) is 18.9 Å². The van der Waals surface area contributed by atoms with Crippen LogP contribution in [0.3, 0.4) is 0 Å². The zero-order chi connectivity index (χ0) is 15.4. The molecule has 1 aliphatic heterocycles. The lowest BCUT2D eigenvalue weighted by atomic mass is 9.78. The molecule has 0 N–H and O–H groups in total. The van der Waals surface area contributed by atoms with E-state index in [-0.39, 0.29) is 12.8 Å². The van der Waals surface area contributed by atoms with E-state index in [1.54, 1.807) is 25.2 Å². The van der Waals surface area contributed by atoms with Crippen LogP contribution < -0.4 is 0 Å². The fraction of sp³-hybridized carbons (Fsp3) is 0.438. The van der Waals surface area contributed by atoms with Crippen molar-refractivity contribution >= 4 is 11.9 Å². The number of esters is 2. The summed E-state index contributed by atoms with van der Waals surface area (Å²) in [5.41, 5.74) is 2.02. The first-order valence-electron chi connectivity index (χ1n) is 6.37. The Morgan fingerprint density at radius 3 is 2.30 bits per heavy atom. The molecule has 1 aliphatic rings. The van der Waals surface area contributed by atoms with E-state index in [9.17, 15) is 9.59 Å². The van der Waals surface area contributed by atoms with Gasteiger partial charge in [-0.2, -0.15) is 0 Å². The maximum Gasteiger partial charge on any atom is 0.327 e. The van der Waals surface area contributed by atoms with E-state index >= 15 is 0 Å². The van der Waals surface area contributed by atoms with Crippen LogP contribution in [-0.4, -0.2) is 17.7 Å². The fourth-order valence-corrected chi connectivity index (χ4v) is 2.01. The summed E-state index contributed by atoms with van der Waals surface area (Å²) in [6.07, 6.45) is 5.31. The van der Waals surface area contributed by atoms with Crippen molar-refractivity contribution in [1.82, 2.24) is 0 Å². The summed E-state index contributed by atoms with van der Waals surface area (Å²) in [6.45, 7) is 11.9. The van der Waals surface area contributed by atoms with Gasteiger partial charge in [-0.15, -0.1) is 5.73 Å². The molecular weight excluding hydrogens is 256 g/mol. The minimum absolute atomic E-state index is 0.172. The summed E-state index contributed by atoms with van der Waals surface area (Å²) in [6, 6.07) is 0. The summed E-state index contributed by atoms with van der Waals surface area (Å²) in [5.74, 6) is -2.39. The van der Waals surface area contributed by atoms with Gasteiger partial charge in [0.25, 0.3) is 5.79 Å². The lowest BCUT2D eigenvalue weighted by Gasteiger charge is -2.39. The highest BCUT2D eigenvalue weighted by molar-refractivity contribution is 6.02. The molecule has 1 heterocycles. The topological polar surface area (TPSA) is 52.6 Å². The van der Waals surface area contributed by atoms with Crippen LogP contribution in [0.1, 0.15) is 33.6 Å². The van der Waals surface area contributed by atoms with E-state index in [0.717, 1.165) is 0 Å². The molecule has 0 aromatic rings. The Labute approximate surface area is 119 Å². The normalized spacial score (nSPS) is 19.9. The molecule has 0 radical (unpaired) electrons. The number of allylic oxidation sites excluding steroid dienone is 4. The van der Waals surface area contributed by atoms with Crippen LogP contribution in [0.4, 0.5) is 0 Å². The van der Waals surface area contributed by atoms with E-state index in [1.165, 1.54) is 13.8 Å². The summed E-state index contributed by atoms with van der Waals surface area (Å²) in [4.78, 5) is 24.7. The minimum atomic E-state index is -1.37. The smallest absolute Gasteiger partial charge is 0.327 e. The van der Waals surface area contributed by atoms with Crippen LogP contribution in [-0.2, 0) is 19.1 Å². The Hall–Kier alpha value is -2.06. The molecule has 108 valence electrons. The molecule has 20 heavy (non-hydrogen) atoms. The van der Waals surface area contributed by atoms with Crippen molar-refractivity contribution < 1.29 is 19.1 Å². The number of carbonyl (C=O) groups is 2. The van der Waals surface area contributed by atoms with Gasteiger partial charge in [0.2, 0.25) is 0 Å². The Kier molecular flexibility index (Phi) is 4.74. The van der Waals surface area contributed by atoms with E-state index in [4.69, 9.17) is 9.47 Å². The van der Waals surface area contributed by atoms with E-state index in [1.807, 2.05) is 0 Å². The monoisotopic (exact) mass is 276 g/mol. The van der Waals surface area contributed by atoms with Crippen LogP contribution in [0.15, 0.2) is 42.7 Å². The van der Waals surface area contributed by atoms with Crippen LogP contribution in [0.25, 0.3) is 0 Å². The van der Waals surface area contributed by atoms with Gasteiger partial charge in [0, 0.05) is 20.3 Å². The predicted molar refractivity (Wildman–Crippen MR) is 75.6 cm³/mol. The van der Waals surface area contributed by atoms with Crippen LogP contribution >= 0.6 is 0 Å². The molecule has 4 nitrogen and oxygen atoms in total. The molecular formula is C16H20O4. The SMILES string of the molecule is C=C=C(C)CC1(C/C=C/C=C)C(=O)OC(C)(C)OC1=O. The third kappa shape index (κ3) is 3.28. The van der Waals surface area contributed by atoms with Crippen LogP contribution in [0, 0.1) is 5.41 Å². The van der Waals surface area contributed by atoms with Gasteiger partial charge in [-0.1, -0.05) is 31.4 Å². The molecule has 1 fully saturated rings. The first-order valence-corrected chi connectivity index (χ1v) is 6.37. The first kappa shape index (κ1) is 16.0. The Bertz CT molecular complexity index is 485. The van der Waals surface area contributed by atoms with Crippen molar-refractivity contribution in [3.63, 3.8) is 0 Å². The second kappa shape index (κ2) is 5.93. The lowest BCUT2D eigenvalue weighted by Crippen LogP contribution is -2.53. The molecule has 0 aromatic carbocycles. The molecule has 0 atom stereocenters. The molecule has 1 rings (SSSR count). The molecule has 0 unspecified atom stereocenters. The Morgan fingerprint density at radius 2 is 1.85 bits per heavy atom. The molecule has 0 amide bonds. The minimum Gasteiger partial charge on any atom is -0.422 e. The number of rotatable bonds is 5. The maximum absolute atomic E-state index is 12.3. The van der Waals surface area contributed by atoms with E-state index < -0.39 is 23.1 Å². The van der Waals surface area contributed by atoms with Crippen molar-refractivity contribution in [1.29, 1.82) is 0 Å². The number of ether oxygens (including phenoxy) is 2. The zero-order valence-electron chi connectivity index (χ0n) is 12.2. The van der Waals surface area contributed by atoms with Gasteiger partial charge in [0.05, 0.1) is 0 Å². The van der Waals surface area contributed by atoms with Crippen molar-refractivity contribution in [2.24, 2.45) is 5.41 Å². The average Bonchev–Trinajstić information content (AvgIpc) is 2.34. The zero-order valence-corrected chi connectivity index (χ0v) is 12.2. The second-order valence-electron chi connectivity index (χ2n) is 5.26. The standard InChI is InChI=1S/C16H20O4/c1-6-8-9-10-16(11-12(3)7-2)13(17)19-15(4,5)20-14(16)18/h6,8-9H,1-2,10-11H2,3-5H3/b9-8+. The van der Waals surface area contributed by atoms with Gasteiger partial charge < -0.3 is 9.47 Å². The van der Waals surface area contributed by atoms with E-state index in [2.05, 4.69) is 18.9 Å². The van der Waals surface area contributed by atoms with E-state index in [0.29, 0.717) is 5.57 Å². The van der Waals surface area contributed by atoms with Gasteiger partial charge in [0.15, 0.2) is 5.41 Å². The highest BCUT2D eigenvalue weighted by atomic mass is 16.7. The number of hydrogen-bond acceptors (Lipinski definition) is 4. The Morgan fingerprint density at radius 1 is 1.30 bits per heavy atom. The van der Waals surface area contributed by atoms with Crippen LogP contribution in [0.2, 0.25) is 0 Å². The molecule has 1 saturated heterocycles. The van der Waals surface area contributed by atoms with Gasteiger partial charge in [-0.25, -0.2) is 0 Å². The third-order valence-electron chi connectivity index (χ3n) is 3.07. The quantitative estimate of drug-likeness (QED) is 0.335. The molecule has 0 saturated carbocycles. The Balaban J connectivity index is 3.18. The molecule has 0 spiro atoms. The third-order valence-corrected chi connectivity index (χ3v) is 3.07. The summed E-state index contributed by atoms with van der Waals surface area (Å²) >= 11 is 0. The molecule has 0 aliphatic carbocycles. The molecule has 0 bridgehead atoms. The highest BCUT2D eigenvalue weighted by Crippen LogP contribution is 2.40. The number of cyclic esters (lactones) is 2. The number of carbonyl (C=O) groups excluding carboxylic acids is 2. The van der Waals surface area contributed by atoms with Crippen molar-refractivity contribution in [3.8, 4) is 0 Å². The van der Waals surface area contributed by atoms with Gasteiger partial charge in [-0.3, -0.25) is 9.59 Å². The van der Waals surface area contributed by atoms with Gasteiger partial charge in [0.1, 0.15) is 0 Å². The summed E-state index contributed by atoms with van der Waals surface area (Å²) < 4.78 is 10.5. The maximum atomic E-state index is 12.3. The second-order valence-corrected chi connectivity index (χ2v) is 5.26. The first-order chi connectivity index (χ1) is 9.27. The van der Waals surface area contributed by atoms with Crippen molar-refractivity contribution in [2.45, 2.75) is 39.4 Å². The largest absolute Gasteiger partial charge is 0.422 e. The fourth-order valence-electron chi connectivity index (χ4n) is 2.01. The predicted octanol–water partition coefficient (Wildman–Crippen LogP) is 3.06. The molecule has 0 aromatic heterocycles. The van der Waals surface area contributed by atoms with Gasteiger partial charge >= 0.3 is 11.9 Å². The van der Waals surface area contributed by atoms with Crippen molar-refractivity contribution in [3.05, 3.63) is 42.7 Å². The summed E-state index contributed by atoms with van der Waals surface area (Å²) in [5, 5.41) is 0. The summed E-state index contributed by atoms with van der Waals surface area (Å²) in [7, 11) is 0. The molecule has 4 heteroatoms. The van der Waals surface area contributed by atoms with Crippen molar-refractivity contribution in [2.75, 3.05) is 0 Å². The average molecular weight is 276 g/mol.